The largest absolute Gasteiger partial charge is 0.483 e. The van der Waals surface area contributed by atoms with E-state index in [1.165, 1.54) is 27.4 Å². The van der Waals surface area contributed by atoms with Crippen LogP contribution in [0.25, 0.3) is 0 Å². The van der Waals surface area contributed by atoms with Crippen molar-refractivity contribution in [3.63, 3.8) is 0 Å². The number of nitrogens with one attached hydrogen (secondary N) is 1. The summed E-state index contributed by atoms with van der Waals surface area (Å²) in [4.78, 5) is 26.8. The fourth-order valence-corrected chi connectivity index (χ4v) is 5.14. The summed E-state index contributed by atoms with van der Waals surface area (Å²) >= 11 is 0. The van der Waals surface area contributed by atoms with Gasteiger partial charge in [-0.05, 0) is 42.5 Å². The number of rotatable bonds is 7. The molecule has 0 aromatic heterocycles. The van der Waals surface area contributed by atoms with Crippen LogP contribution in [-0.2, 0) is 14.8 Å². The second-order valence-electron chi connectivity index (χ2n) is 7.85. The van der Waals surface area contributed by atoms with Gasteiger partial charge in [0.2, 0.25) is 10.0 Å². The molecule has 3 aromatic carbocycles. The van der Waals surface area contributed by atoms with Crippen LogP contribution in [0, 0.1) is 5.82 Å². The number of hydrogen-bond donors (Lipinski definition) is 1. The number of nitrogens with zero attached hydrogens (tertiary/aromatic N) is 2. The Bertz CT molecular complexity index is 1310. The van der Waals surface area contributed by atoms with E-state index in [1.807, 2.05) is 6.07 Å². The summed E-state index contributed by atoms with van der Waals surface area (Å²) in [5, 5.41) is 2.79. The standard InChI is InChI=1S/C25H24FN3O5S/c26-19-7-6-10-21(17-19)35(32,33)29-15-13-28(14-16-29)24(30)18-34-23-12-5-4-11-22(23)25(31)27-20-8-2-1-3-9-20/h1-12,17H,13-16,18H2,(H,27,31). The monoisotopic (exact) mass is 497 g/mol. The molecule has 1 heterocycles. The van der Waals surface area contributed by atoms with Gasteiger partial charge in [-0.15, -0.1) is 0 Å². The Balaban J connectivity index is 1.34. The van der Waals surface area contributed by atoms with Gasteiger partial charge >= 0.3 is 0 Å². The highest BCUT2D eigenvalue weighted by atomic mass is 32.2. The fraction of sp³-hybridized carbons (Fsp3) is 0.200. The lowest BCUT2D eigenvalue weighted by Crippen LogP contribution is -2.51. The molecular weight excluding hydrogens is 473 g/mol. The first-order valence-corrected chi connectivity index (χ1v) is 12.4. The maximum absolute atomic E-state index is 13.5. The van der Waals surface area contributed by atoms with Gasteiger partial charge in [-0.3, -0.25) is 9.59 Å². The van der Waals surface area contributed by atoms with E-state index >= 15 is 0 Å². The maximum Gasteiger partial charge on any atom is 0.260 e. The highest BCUT2D eigenvalue weighted by Gasteiger charge is 2.30. The minimum Gasteiger partial charge on any atom is -0.483 e. The van der Waals surface area contributed by atoms with Crippen molar-refractivity contribution in [2.75, 3.05) is 38.1 Å². The molecule has 0 radical (unpaired) electrons. The number of amides is 2. The van der Waals surface area contributed by atoms with Gasteiger partial charge in [0.15, 0.2) is 6.61 Å². The third kappa shape index (κ3) is 5.84. The van der Waals surface area contributed by atoms with Crippen LogP contribution in [0.15, 0.2) is 83.8 Å². The zero-order valence-electron chi connectivity index (χ0n) is 18.8. The van der Waals surface area contributed by atoms with Gasteiger partial charge in [0, 0.05) is 31.9 Å². The summed E-state index contributed by atoms with van der Waals surface area (Å²) in [5.41, 5.74) is 0.921. The molecule has 1 fully saturated rings. The van der Waals surface area contributed by atoms with Crippen molar-refractivity contribution in [1.29, 1.82) is 0 Å². The molecule has 35 heavy (non-hydrogen) atoms. The molecule has 10 heteroatoms. The highest BCUT2D eigenvalue weighted by Crippen LogP contribution is 2.21. The van der Waals surface area contributed by atoms with Crippen molar-refractivity contribution in [1.82, 2.24) is 9.21 Å². The number of carbonyl (C=O) groups excluding carboxylic acids is 2. The van der Waals surface area contributed by atoms with E-state index in [0.29, 0.717) is 5.69 Å². The summed E-state index contributed by atoms with van der Waals surface area (Å²) in [6.45, 7) is 0.216. The molecular formula is C25H24FN3O5S. The lowest BCUT2D eigenvalue weighted by molar-refractivity contribution is -0.134. The van der Waals surface area contributed by atoms with Crippen molar-refractivity contribution in [3.05, 3.63) is 90.2 Å². The van der Waals surface area contributed by atoms with Crippen molar-refractivity contribution >= 4 is 27.5 Å². The molecule has 0 saturated carbocycles. The summed E-state index contributed by atoms with van der Waals surface area (Å²) < 4.78 is 45.9. The maximum atomic E-state index is 13.5. The third-order valence-electron chi connectivity index (χ3n) is 5.54. The van der Waals surface area contributed by atoms with Crippen LogP contribution in [0.4, 0.5) is 10.1 Å². The van der Waals surface area contributed by atoms with E-state index in [4.69, 9.17) is 4.74 Å². The Morgan fingerprint density at radius 1 is 0.886 bits per heavy atom. The van der Waals surface area contributed by atoms with Gasteiger partial charge in [0.25, 0.3) is 11.8 Å². The molecule has 1 aliphatic heterocycles. The Kier molecular flexibility index (Phi) is 7.42. The van der Waals surface area contributed by atoms with Crippen LogP contribution in [0.2, 0.25) is 0 Å². The molecule has 0 unspecified atom stereocenters. The van der Waals surface area contributed by atoms with Crippen LogP contribution >= 0.6 is 0 Å². The van der Waals surface area contributed by atoms with Gasteiger partial charge in [-0.2, -0.15) is 4.31 Å². The molecule has 1 N–H and O–H groups in total. The number of ether oxygens (including phenoxy) is 1. The van der Waals surface area contributed by atoms with Crippen molar-refractivity contribution < 1.29 is 27.1 Å². The molecule has 3 aromatic rings. The molecule has 8 nitrogen and oxygen atoms in total. The second-order valence-corrected chi connectivity index (χ2v) is 9.79. The number of carbonyl (C=O) groups is 2. The number of para-hydroxylation sites is 2. The third-order valence-corrected chi connectivity index (χ3v) is 7.43. The summed E-state index contributed by atoms with van der Waals surface area (Å²) in [5.74, 6) is -1.06. The Labute approximate surface area is 203 Å². The molecule has 0 aliphatic carbocycles. The number of benzene rings is 3. The first kappa shape index (κ1) is 24.4. The van der Waals surface area contributed by atoms with E-state index in [9.17, 15) is 22.4 Å². The predicted molar refractivity (Wildman–Crippen MR) is 128 cm³/mol. The molecule has 1 aliphatic rings. The van der Waals surface area contributed by atoms with Gasteiger partial charge in [-0.25, -0.2) is 12.8 Å². The number of piperazine rings is 1. The lowest BCUT2D eigenvalue weighted by atomic mass is 10.2. The summed E-state index contributed by atoms with van der Waals surface area (Å²) in [6, 6.07) is 20.4. The number of hydrogen-bond acceptors (Lipinski definition) is 5. The quantitative estimate of drug-likeness (QED) is 0.542. The van der Waals surface area contributed by atoms with Gasteiger partial charge in [0.05, 0.1) is 10.5 Å². The molecule has 0 atom stereocenters. The van der Waals surface area contributed by atoms with Crippen LogP contribution in [-0.4, -0.2) is 62.2 Å². The normalized spacial score (nSPS) is 14.4. The zero-order valence-corrected chi connectivity index (χ0v) is 19.6. The smallest absolute Gasteiger partial charge is 0.260 e. The predicted octanol–water partition coefficient (Wildman–Crippen LogP) is 2.99. The molecule has 182 valence electrons. The summed E-state index contributed by atoms with van der Waals surface area (Å²) in [7, 11) is -3.85. The van der Waals surface area contributed by atoms with Crippen LogP contribution in [0.1, 0.15) is 10.4 Å². The van der Waals surface area contributed by atoms with Crippen molar-refractivity contribution in [2.24, 2.45) is 0 Å². The van der Waals surface area contributed by atoms with E-state index in [2.05, 4.69) is 5.32 Å². The topological polar surface area (TPSA) is 96.0 Å². The first-order chi connectivity index (χ1) is 16.8. The Morgan fingerprint density at radius 3 is 2.29 bits per heavy atom. The van der Waals surface area contributed by atoms with Crippen LogP contribution in [0.3, 0.4) is 0 Å². The average Bonchev–Trinajstić information content (AvgIpc) is 2.88. The van der Waals surface area contributed by atoms with E-state index < -0.39 is 15.8 Å². The molecule has 4 rings (SSSR count). The second kappa shape index (κ2) is 10.7. The number of halogens is 1. The molecule has 2 amide bonds. The van der Waals surface area contributed by atoms with E-state index in [-0.39, 0.29) is 60.8 Å². The van der Waals surface area contributed by atoms with Crippen molar-refractivity contribution in [3.8, 4) is 5.75 Å². The first-order valence-electron chi connectivity index (χ1n) is 11.0. The molecule has 1 saturated heterocycles. The van der Waals surface area contributed by atoms with Crippen molar-refractivity contribution in [2.45, 2.75) is 4.90 Å². The van der Waals surface area contributed by atoms with E-state index in [0.717, 1.165) is 6.07 Å². The van der Waals surface area contributed by atoms with Gasteiger partial charge in [0.1, 0.15) is 11.6 Å². The minimum atomic E-state index is -3.85. The summed E-state index contributed by atoms with van der Waals surface area (Å²) in [6.07, 6.45) is 0. The highest BCUT2D eigenvalue weighted by molar-refractivity contribution is 7.89. The SMILES string of the molecule is O=C(Nc1ccccc1)c1ccccc1OCC(=O)N1CCN(S(=O)(=O)c2cccc(F)c2)CC1. The fourth-order valence-electron chi connectivity index (χ4n) is 3.69. The van der Waals surface area contributed by atoms with Gasteiger partial charge < -0.3 is 15.0 Å². The molecule has 0 bridgehead atoms. The number of sulfonamides is 1. The number of anilines is 1. The van der Waals surface area contributed by atoms with Gasteiger partial charge in [-0.1, -0.05) is 36.4 Å². The Morgan fingerprint density at radius 2 is 1.57 bits per heavy atom. The minimum absolute atomic E-state index is 0.0840. The average molecular weight is 498 g/mol. The van der Waals surface area contributed by atoms with E-state index in [1.54, 1.807) is 48.5 Å². The lowest BCUT2D eigenvalue weighted by Gasteiger charge is -2.34. The van der Waals surface area contributed by atoms with Crippen LogP contribution < -0.4 is 10.1 Å². The van der Waals surface area contributed by atoms with Crippen LogP contribution in [0.5, 0.6) is 5.75 Å². The zero-order chi connectivity index (χ0) is 24.8. The Hall–Kier alpha value is -3.76. The molecule has 0 spiro atoms.